The van der Waals surface area contributed by atoms with Gasteiger partial charge in [-0.2, -0.15) is 4.98 Å². The summed E-state index contributed by atoms with van der Waals surface area (Å²) in [5.41, 5.74) is 8.25. The van der Waals surface area contributed by atoms with E-state index in [1.54, 1.807) is 0 Å². The summed E-state index contributed by atoms with van der Waals surface area (Å²) in [6, 6.07) is 0. The molecule has 0 spiro atoms. The Morgan fingerprint density at radius 1 is 1.20 bits per heavy atom. The number of nitrogens with zero attached hydrogens (tertiary/aromatic N) is 2. The molecule has 2 unspecified atom stereocenters. The number of rotatable bonds is 4. The van der Waals surface area contributed by atoms with Crippen LogP contribution in [0.15, 0.2) is 0 Å². The Hall–Kier alpha value is -1.36. The molecule has 0 saturated heterocycles. The average molecular weight is 276 g/mol. The van der Waals surface area contributed by atoms with Crippen molar-refractivity contribution in [2.45, 2.75) is 51.0 Å². The Morgan fingerprint density at radius 2 is 2.05 bits per heavy atom. The molecule has 5 heteroatoms. The number of nitrogens with two attached hydrogens (primary N) is 1. The molecule has 3 N–H and O–H groups in total. The van der Waals surface area contributed by atoms with Gasteiger partial charge in [0, 0.05) is 25.1 Å². The average Bonchev–Trinajstić information content (AvgIpc) is 2.92. The van der Waals surface area contributed by atoms with Gasteiger partial charge in [0.1, 0.15) is 5.82 Å². The van der Waals surface area contributed by atoms with Crippen molar-refractivity contribution < 1.29 is 4.74 Å². The number of ether oxygens (including phenoxy) is 1. The highest BCUT2D eigenvalue weighted by Crippen LogP contribution is 2.30. The number of hydrogen-bond donors (Lipinski definition) is 2. The van der Waals surface area contributed by atoms with E-state index in [1.165, 1.54) is 37.7 Å². The van der Waals surface area contributed by atoms with Gasteiger partial charge in [0.15, 0.2) is 0 Å². The highest BCUT2D eigenvalue weighted by Gasteiger charge is 2.27. The molecule has 0 aromatic carbocycles. The van der Waals surface area contributed by atoms with Gasteiger partial charge in [0.25, 0.3) is 0 Å². The summed E-state index contributed by atoms with van der Waals surface area (Å²) in [5, 5.41) is 3.51. The highest BCUT2D eigenvalue weighted by atomic mass is 16.5. The summed E-state index contributed by atoms with van der Waals surface area (Å²) in [5.74, 6) is 1.92. The lowest BCUT2D eigenvalue weighted by Crippen LogP contribution is -2.25. The van der Waals surface area contributed by atoms with Crippen LogP contribution in [0.4, 0.5) is 11.8 Å². The zero-order chi connectivity index (χ0) is 13.9. The molecule has 5 nitrogen and oxygen atoms in total. The highest BCUT2D eigenvalue weighted by molar-refractivity contribution is 5.50. The number of aromatic nitrogens is 2. The zero-order valence-electron chi connectivity index (χ0n) is 12.2. The van der Waals surface area contributed by atoms with Crippen LogP contribution >= 0.6 is 0 Å². The van der Waals surface area contributed by atoms with Crippen LogP contribution in [0, 0.1) is 5.92 Å². The van der Waals surface area contributed by atoms with Crippen molar-refractivity contribution in [3.63, 3.8) is 0 Å². The normalized spacial score (nSPS) is 25.4. The molecular weight excluding hydrogens is 252 g/mol. The van der Waals surface area contributed by atoms with Gasteiger partial charge in [-0.3, -0.25) is 0 Å². The third kappa shape index (κ3) is 2.73. The van der Waals surface area contributed by atoms with Crippen LogP contribution in [0.5, 0.6) is 0 Å². The van der Waals surface area contributed by atoms with Crippen molar-refractivity contribution in [1.82, 2.24) is 9.97 Å². The fraction of sp³-hybridized carbons (Fsp3) is 0.733. The Labute approximate surface area is 120 Å². The van der Waals surface area contributed by atoms with E-state index in [9.17, 15) is 0 Å². The summed E-state index contributed by atoms with van der Waals surface area (Å²) in [6.45, 7) is 0.918. The zero-order valence-corrected chi connectivity index (χ0v) is 12.2. The number of nitrogen functional groups attached to an aromatic ring is 1. The van der Waals surface area contributed by atoms with Gasteiger partial charge in [-0.05, 0) is 38.5 Å². The smallest absolute Gasteiger partial charge is 0.222 e. The maximum absolute atomic E-state index is 5.83. The van der Waals surface area contributed by atoms with Crippen molar-refractivity contribution in [2.75, 3.05) is 24.7 Å². The summed E-state index contributed by atoms with van der Waals surface area (Å²) in [7, 11) is 1.81. The van der Waals surface area contributed by atoms with Gasteiger partial charge in [-0.15, -0.1) is 0 Å². The van der Waals surface area contributed by atoms with E-state index in [1.807, 2.05) is 7.11 Å². The van der Waals surface area contributed by atoms with Gasteiger partial charge in [-0.1, -0.05) is 6.42 Å². The van der Waals surface area contributed by atoms with E-state index in [4.69, 9.17) is 10.5 Å². The lowest BCUT2D eigenvalue weighted by Gasteiger charge is -2.22. The Kier molecular flexibility index (Phi) is 4.05. The maximum Gasteiger partial charge on any atom is 0.222 e. The van der Waals surface area contributed by atoms with Crippen molar-refractivity contribution in [2.24, 2.45) is 5.92 Å². The fourth-order valence-corrected chi connectivity index (χ4v) is 3.53. The fourth-order valence-electron chi connectivity index (χ4n) is 3.53. The second-order valence-electron chi connectivity index (χ2n) is 5.91. The molecule has 2 atom stereocenters. The van der Waals surface area contributed by atoms with E-state index >= 15 is 0 Å². The summed E-state index contributed by atoms with van der Waals surface area (Å²) >= 11 is 0. The third-order valence-electron chi connectivity index (χ3n) is 4.62. The number of anilines is 2. The van der Waals surface area contributed by atoms with Gasteiger partial charge in [0.2, 0.25) is 5.95 Å². The van der Waals surface area contributed by atoms with E-state index in [0.29, 0.717) is 18.0 Å². The van der Waals surface area contributed by atoms with Crippen LogP contribution in [-0.2, 0) is 17.6 Å². The summed E-state index contributed by atoms with van der Waals surface area (Å²) < 4.78 is 5.55. The summed E-state index contributed by atoms with van der Waals surface area (Å²) in [6.07, 6.45) is 8.57. The number of aryl methyl sites for hydroxylation is 1. The van der Waals surface area contributed by atoms with Crippen LogP contribution in [0.25, 0.3) is 0 Å². The standard InChI is InChI=1S/C15H24N4O/c1-20-13-8-4-5-10(13)9-17-14-11-6-2-3-7-12(11)18-15(16)19-14/h10,13H,2-9H2,1H3,(H3,16,17,18,19). The number of nitrogens with one attached hydrogen (secondary N) is 1. The first-order chi connectivity index (χ1) is 9.78. The van der Waals surface area contributed by atoms with Crippen molar-refractivity contribution in [3.05, 3.63) is 11.3 Å². The van der Waals surface area contributed by atoms with Crippen LogP contribution in [0.3, 0.4) is 0 Å². The molecule has 0 aliphatic heterocycles. The molecule has 2 aliphatic carbocycles. The Morgan fingerprint density at radius 3 is 2.90 bits per heavy atom. The van der Waals surface area contributed by atoms with Gasteiger partial charge in [-0.25, -0.2) is 4.98 Å². The lowest BCUT2D eigenvalue weighted by atomic mass is 9.96. The van der Waals surface area contributed by atoms with E-state index in [0.717, 1.165) is 30.9 Å². The minimum absolute atomic E-state index is 0.387. The van der Waals surface area contributed by atoms with Crippen LogP contribution in [0.1, 0.15) is 43.4 Å². The molecule has 1 fully saturated rings. The van der Waals surface area contributed by atoms with Crippen LogP contribution in [0.2, 0.25) is 0 Å². The number of hydrogen-bond acceptors (Lipinski definition) is 5. The minimum atomic E-state index is 0.387. The summed E-state index contributed by atoms with van der Waals surface area (Å²) in [4.78, 5) is 8.80. The van der Waals surface area contributed by atoms with Gasteiger partial charge < -0.3 is 15.8 Å². The predicted octanol–water partition coefficient (Wildman–Crippen LogP) is 2.16. The molecule has 1 heterocycles. The molecule has 2 aliphatic rings. The second kappa shape index (κ2) is 5.95. The number of methoxy groups -OCH3 is 1. The van der Waals surface area contributed by atoms with Crippen molar-refractivity contribution in [3.8, 4) is 0 Å². The van der Waals surface area contributed by atoms with Gasteiger partial charge >= 0.3 is 0 Å². The minimum Gasteiger partial charge on any atom is -0.381 e. The molecule has 0 radical (unpaired) electrons. The molecule has 3 rings (SSSR count). The molecule has 110 valence electrons. The molecular formula is C15H24N4O. The largest absolute Gasteiger partial charge is 0.381 e. The van der Waals surface area contributed by atoms with Crippen LogP contribution < -0.4 is 11.1 Å². The lowest BCUT2D eigenvalue weighted by molar-refractivity contribution is 0.0755. The first kappa shape index (κ1) is 13.6. The van der Waals surface area contributed by atoms with Crippen molar-refractivity contribution >= 4 is 11.8 Å². The van der Waals surface area contributed by atoms with E-state index < -0.39 is 0 Å². The molecule has 1 aromatic heterocycles. The van der Waals surface area contributed by atoms with E-state index in [-0.39, 0.29) is 0 Å². The third-order valence-corrected chi connectivity index (χ3v) is 4.62. The van der Waals surface area contributed by atoms with E-state index in [2.05, 4.69) is 15.3 Å². The predicted molar refractivity (Wildman–Crippen MR) is 79.7 cm³/mol. The molecule has 1 aromatic rings. The van der Waals surface area contributed by atoms with Crippen molar-refractivity contribution in [1.29, 1.82) is 0 Å². The molecule has 20 heavy (non-hydrogen) atoms. The first-order valence-corrected chi connectivity index (χ1v) is 7.70. The monoisotopic (exact) mass is 276 g/mol. The molecule has 0 amide bonds. The first-order valence-electron chi connectivity index (χ1n) is 7.70. The SMILES string of the molecule is COC1CCCC1CNc1nc(N)nc2c1CCCC2. The Bertz CT molecular complexity index is 477. The number of fused-ring (bicyclic) bond motifs is 1. The topological polar surface area (TPSA) is 73.1 Å². The van der Waals surface area contributed by atoms with Gasteiger partial charge in [0.05, 0.1) is 11.8 Å². The quantitative estimate of drug-likeness (QED) is 0.881. The Balaban J connectivity index is 1.72. The molecule has 0 bridgehead atoms. The van der Waals surface area contributed by atoms with Crippen LogP contribution in [-0.4, -0.2) is 29.7 Å². The second-order valence-corrected chi connectivity index (χ2v) is 5.91. The molecule has 1 saturated carbocycles. The maximum atomic E-state index is 5.83.